The Morgan fingerprint density at radius 1 is 1.71 bits per heavy atom. The summed E-state index contributed by atoms with van der Waals surface area (Å²) < 4.78 is 30.0. The van der Waals surface area contributed by atoms with Crippen molar-refractivity contribution in [1.29, 1.82) is 5.26 Å². The largest absolute Gasteiger partial charge is 0.461 e. The van der Waals surface area contributed by atoms with Crippen LogP contribution in [0.25, 0.3) is 0 Å². The summed E-state index contributed by atoms with van der Waals surface area (Å²) in [6.45, 7) is 1.66. The lowest BCUT2D eigenvalue weighted by molar-refractivity contribution is 0.0517. The van der Waals surface area contributed by atoms with Gasteiger partial charge < -0.3 is 4.74 Å². The fourth-order valence-corrected chi connectivity index (χ4v) is 1.76. The Bertz CT molecular complexity index is 486. The molecule has 0 aliphatic rings. The van der Waals surface area contributed by atoms with E-state index in [1.165, 1.54) is 6.07 Å². The van der Waals surface area contributed by atoms with Gasteiger partial charge in [0.1, 0.15) is 11.8 Å². The van der Waals surface area contributed by atoms with Gasteiger partial charge in [0.2, 0.25) is 0 Å². The topological polar surface area (TPSA) is 63.0 Å². The number of esters is 1. The van der Waals surface area contributed by atoms with Crippen LogP contribution in [-0.2, 0) is 4.74 Å². The highest BCUT2D eigenvalue weighted by molar-refractivity contribution is 14.1. The summed E-state index contributed by atoms with van der Waals surface area (Å²) in [5.41, 5.74) is -0.963. The molecule has 4 nitrogen and oxygen atoms in total. The zero-order chi connectivity index (χ0) is 13.0. The second-order valence-electron chi connectivity index (χ2n) is 2.88. The predicted octanol–water partition coefficient (Wildman–Crippen LogP) is 2.67. The molecule has 0 aromatic carbocycles. The minimum atomic E-state index is -2.80. The van der Waals surface area contributed by atoms with Gasteiger partial charge in [0.25, 0.3) is 6.43 Å². The van der Waals surface area contributed by atoms with E-state index < -0.39 is 18.1 Å². The molecular weight excluding hydrogens is 345 g/mol. The van der Waals surface area contributed by atoms with Gasteiger partial charge in [-0.1, -0.05) is 0 Å². The summed E-state index contributed by atoms with van der Waals surface area (Å²) in [4.78, 5) is 14.9. The van der Waals surface area contributed by atoms with Gasteiger partial charge in [0.15, 0.2) is 5.69 Å². The van der Waals surface area contributed by atoms with Crippen molar-refractivity contribution < 1.29 is 18.3 Å². The lowest BCUT2D eigenvalue weighted by Gasteiger charge is -2.07. The maximum absolute atomic E-state index is 12.6. The van der Waals surface area contributed by atoms with Crippen molar-refractivity contribution in [3.8, 4) is 6.07 Å². The molecule has 0 saturated carbocycles. The molecule has 0 aliphatic heterocycles. The van der Waals surface area contributed by atoms with Crippen LogP contribution in [0.5, 0.6) is 0 Å². The fourth-order valence-electron chi connectivity index (χ4n) is 1.10. The third kappa shape index (κ3) is 3.09. The van der Waals surface area contributed by atoms with Crippen molar-refractivity contribution in [3.63, 3.8) is 0 Å². The van der Waals surface area contributed by atoms with Crippen LogP contribution in [-0.4, -0.2) is 17.6 Å². The SMILES string of the molecule is CCOC(=O)c1nc(C(F)F)c(I)cc1C#N. The Morgan fingerprint density at radius 3 is 2.82 bits per heavy atom. The van der Waals surface area contributed by atoms with E-state index >= 15 is 0 Å². The predicted molar refractivity (Wildman–Crippen MR) is 62.6 cm³/mol. The number of hydrogen-bond donors (Lipinski definition) is 0. The fraction of sp³-hybridized carbons (Fsp3) is 0.300. The van der Waals surface area contributed by atoms with Gasteiger partial charge in [0, 0.05) is 3.57 Å². The Morgan fingerprint density at radius 2 is 2.35 bits per heavy atom. The molecule has 90 valence electrons. The number of ether oxygens (including phenoxy) is 1. The van der Waals surface area contributed by atoms with E-state index in [1.54, 1.807) is 35.6 Å². The van der Waals surface area contributed by atoms with Crippen LogP contribution in [0.2, 0.25) is 0 Å². The summed E-state index contributed by atoms with van der Waals surface area (Å²) in [6, 6.07) is 2.92. The summed E-state index contributed by atoms with van der Waals surface area (Å²) in [5, 5.41) is 8.80. The van der Waals surface area contributed by atoms with Crippen LogP contribution in [0.3, 0.4) is 0 Å². The van der Waals surface area contributed by atoms with E-state index in [2.05, 4.69) is 9.72 Å². The molecule has 1 rings (SSSR count). The molecule has 1 heterocycles. The first kappa shape index (κ1) is 13.8. The van der Waals surface area contributed by atoms with Crippen molar-refractivity contribution in [2.24, 2.45) is 0 Å². The second-order valence-corrected chi connectivity index (χ2v) is 4.05. The smallest absolute Gasteiger partial charge is 0.358 e. The van der Waals surface area contributed by atoms with Crippen molar-refractivity contribution in [1.82, 2.24) is 4.98 Å². The van der Waals surface area contributed by atoms with Gasteiger partial charge in [-0.25, -0.2) is 18.6 Å². The first-order chi connectivity index (χ1) is 8.01. The maximum atomic E-state index is 12.6. The first-order valence-electron chi connectivity index (χ1n) is 4.57. The van der Waals surface area contributed by atoms with Gasteiger partial charge in [-0.3, -0.25) is 0 Å². The number of carbonyl (C=O) groups is 1. The molecule has 0 N–H and O–H groups in total. The average molecular weight is 352 g/mol. The average Bonchev–Trinajstić information content (AvgIpc) is 2.28. The molecule has 1 aromatic heterocycles. The van der Waals surface area contributed by atoms with Crippen LogP contribution in [0.1, 0.15) is 35.1 Å². The van der Waals surface area contributed by atoms with Gasteiger partial charge >= 0.3 is 5.97 Å². The molecule has 0 radical (unpaired) electrons. The lowest BCUT2D eigenvalue weighted by Crippen LogP contribution is -2.12. The number of pyridine rings is 1. The minimum Gasteiger partial charge on any atom is -0.461 e. The maximum Gasteiger partial charge on any atom is 0.358 e. The lowest BCUT2D eigenvalue weighted by atomic mass is 10.2. The summed E-state index contributed by atoms with van der Waals surface area (Å²) in [7, 11) is 0. The summed E-state index contributed by atoms with van der Waals surface area (Å²) >= 11 is 1.64. The molecule has 0 aliphatic carbocycles. The number of hydrogen-bond acceptors (Lipinski definition) is 4. The van der Waals surface area contributed by atoms with E-state index in [0.29, 0.717) is 0 Å². The van der Waals surface area contributed by atoms with Gasteiger partial charge in [0.05, 0.1) is 12.2 Å². The molecular formula is C10H7F2IN2O2. The standard InChI is InChI=1S/C10H7F2IN2O2/c1-2-17-10(16)7-5(4-14)3-6(13)8(15-7)9(11)12/h3,9H,2H2,1H3. The van der Waals surface area contributed by atoms with E-state index in [-0.39, 0.29) is 21.4 Å². The zero-order valence-corrected chi connectivity index (χ0v) is 10.9. The van der Waals surface area contributed by atoms with Gasteiger partial charge in [-0.05, 0) is 35.6 Å². The number of aromatic nitrogens is 1. The molecule has 0 amide bonds. The Hall–Kier alpha value is -1.30. The highest BCUT2D eigenvalue weighted by Crippen LogP contribution is 2.24. The molecule has 0 unspecified atom stereocenters. The number of nitriles is 1. The summed E-state index contributed by atoms with van der Waals surface area (Å²) in [5.74, 6) is -0.873. The quantitative estimate of drug-likeness (QED) is 0.620. The van der Waals surface area contributed by atoms with Crippen molar-refractivity contribution >= 4 is 28.6 Å². The van der Waals surface area contributed by atoms with Crippen LogP contribution in [0, 0.1) is 14.9 Å². The van der Waals surface area contributed by atoms with Crippen molar-refractivity contribution in [2.75, 3.05) is 6.61 Å². The number of alkyl halides is 2. The van der Waals surface area contributed by atoms with Gasteiger partial charge in [-0.2, -0.15) is 5.26 Å². The summed E-state index contributed by atoms with van der Waals surface area (Å²) in [6.07, 6.45) is -2.80. The van der Waals surface area contributed by atoms with E-state index in [9.17, 15) is 13.6 Å². The van der Waals surface area contributed by atoms with E-state index in [0.717, 1.165) is 0 Å². The Labute approximate surface area is 110 Å². The van der Waals surface area contributed by atoms with Crippen LogP contribution in [0.15, 0.2) is 6.07 Å². The zero-order valence-electron chi connectivity index (χ0n) is 8.71. The van der Waals surface area contributed by atoms with Crippen molar-refractivity contribution in [3.05, 3.63) is 26.6 Å². The molecule has 0 saturated heterocycles. The second kappa shape index (κ2) is 5.86. The highest BCUT2D eigenvalue weighted by atomic mass is 127. The number of carbonyl (C=O) groups excluding carboxylic acids is 1. The first-order valence-corrected chi connectivity index (χ1v) is 5.65. The molecule has 0 spiro atoms. The molecule has 7 heteroatoms. The van der Waals surface area contributed by atoms with E-state index in [1.807, 2.05) is 0 Å². The van der Waals surface area contributed by atoms with Crippen LogP contribution in [0.4, 0.5) is 8.78 Å². The monoisotopic (exact) mass is 352 g/mol. The number of nitrogens with zero attached hydrogens (tertiary/aromatic N) is 2. The Balaban J connectivity index is 3.32. The Kier molecular flexibility index (Phi) is 4.74. The normalized spacial score (nSPS) is 10.1. The third-order valence-electron chi connectivity index (χ3n) is 1.80. The van der Waals surface area contributed by atoms with Gasteiger partial charge in [-0.15, -0.1) is 0 Å². The molecule has 0 bridgehead atoms. The highest BCUT2D eigenvalue weighted by Gasteiger charge is 2.21. The minimum absolute atomic E-state index is 0.0720. The third-order valence-corrected chi connectivity index (χ3v) is 2.66. The molecule has 1 aromatic rings. The van der Waals surface area contributed by atoms with E-state index in [4.69, 9.17) is 5.26 Å². The van der Waals surface area contributed by atoms with Crippen LogP contribution >= 0.6 is 22.6 Å². The molecule has 0 fully saturated rings. The molecule has 17 heavy (non-hydrogen) atoms. The molecule has 0 atom stereocenters. The number of halogens is 3. The van der Waals surface area contributed by atoms with Crippen molar-refractivity contribution in [2.45, 2.75) is 13.3 Å². The van der Waals surface area contributed by atoms with Crippen LogP contribution < -0.4 is 0 Å². The number of rotatable bonds is 3.